The van der Waals surface area contributed by atoms with Crippen molar-refractivity contribution in [2.24, 2.45) is 5.90 Å². The van der Waals surface area contributed by atoms with Crippen LogP contribution < -0.4 is 5.90 Å². The quantitative estimate of drug-likeness (QED) is 0.270. The summed E-state index contributed by atoms with van der Waals surface area (Å²) in [6, 6.07) is 0. The molecule has 0 aromatic rings. The largest absolute Gasteiger partial charge is 0.477 e. The molecular formula is C7H13NO8. The first-order valence-electron chi connectivity index (χ1n) is 4.35. The molecule has 0 radical (unpaired) electrons. The Labute approximate surface area is 89.6 Å². The molecule has 1 saturated heterocycles. The summed E-state index contributed by atoms with van der Waals surface area (Å²) >= 11 is 0. The summed E-state index contributed by atoms with van der Waals surface area (Å²) in [4.78, 5) is 14.9. The minimum absolute atomic E-state index is 0.774. The number of rotatable bonds is 3. The molecule has 0 aromatic heterocycles. The predicted molar refractivity (Wildman–Crippen MR) is 45.6 cm³/mol. The lowest BCUT2D eigenvalue weighted by Gasteiger charge is -2.44. The Kier molecular flexibility index (Phi) is 3.80. The number of nitrogens with two attached hydrogens (primary N) is 1. The summed E-state index contributed by atoms with van der Waals surface area (Å²) < 4.78 is 4.67. The average Bonchev–Trinajstić information content (AvgIpc) is 2.27. The van der Waals surface area contributed by atoms with Crippen LogP contribution in [0.2, 0.25) is 0 Å². The van der Waals surface area contributed by atoms with Gasteiger partial charge in [-0.15, -0.1) is 0 Å². The molecule has 0 aliphatic carbocycles. The summed E-state index contributed by atoms with van der Waals surface area (Å²) in [5.74, 6) is 0.212. The maximum Gasteiger partial charge on any atom is 0.369 e. The number of ether oxygens (including phenoxy) is 1. The summed E-state index contributed by atoms with van der Waals surface area (Å²) in [5.41, 5.74) is 0. The third-order valence-electron chi connectivity index (χ3n) is 2.42. The van der Waals surface area contributed by atoms with Gasteiger partial charge in [0.25, 0.3) is 0 Å². The van der Waals surface area contributed by atoms with Crippen LogP contribution in [0, 0.1) is 0 Å². The number of aliphatic hydroxyl groups is 4. The van der Waals surface area contributed by atoms with Gasteiger partial charge in [-0.2, -0.15) is 0 Å². The van der Waals surface area contributed by atoms with Gasteiger partial charge in [0.1, 0.15) is 24.4 Å². The van der Waals surface area contributed by atoms with Crippen molar-refractivity contribution in [1.82, 2.24) is 0 Å². The molecule has 1 fully saturated rings. The van der Waals surface area contributed by atoms with E-state index in [-0.39, 0.29) is 0 Å². The van der Waals surface area contributed by atoms with Gasteiger partial charge in [0, 0.05) is 0 Å². The average molecular weight is 239 g/mol. The van der Waals surface area contributed by atoms with E-state index in [1.807, 2.05) is 0 Å². The third-order valence-corrected chi connectivity index (χ3v) is 2.42. The molecule has 5 atom stereocenters. The number of carboxylic acids is 1. The molecule has 9 heteroatoms. The van der Waals surface area contributed by atoms with E-state index in [1.54, 1.807) is 0 Å². The lowest BCUT2D eigenvalue weighted by molar-refractivity contribution is -0.353. The van der Waals surface area contributed by atoms with Crippen LogP contribution in [-0.2, 0) is 14.4 Å². The molecule has 0 spiro atoms. The Balaban J connectivity index is 3.06. The van der Waals surface area contributed by atoms with Gasteiger partial charge in [-0.3, -0.25) is 4.84 Å². The monoisotopic (exact) mass is 239 g/mol. The van der Waals surface area contributed by atoms with Gasteiger partial charge >= 0.3 is 11.8 Å². The van der Waals surface area contributed by atoms with E-state index in [0.717, 1.165) is 0 Å². The molecule has 0 saturated carbocycles. The van der Waals surface area contributed by atoms with Crippen LogP contribution >= 0.6 is 0 Å². The number of aliphatic hydroxyl groups excluding tert-OH is 4. The minimum Gasteiger partial charge on any atom is -0.477 e. The maximum atomic E-state index is 10.9. The molecule has 1 unspecified atom stereocenters. The fourth-order valence-electron chi connectivity index (χ4n) is 1.47. The Hall–Kier alpha value is -0.810. The van der Waals surface area contributed by atoms with Crippen molar-refractivity contribution >= 4 is 5.97 Å². The standard InChI is InChI=1S/C7H13NO8/c8-16-7(6(13)14)5(12)4(11)3(10)2(1-9)15-7/h2-5,9-12H,1,8H2,(H,13,14)/t2-,3-,4+,5-,7?/m1/s1. The van der Waals surface area contributed by atoms with Gasteiger partial charge < -0.3 is 30.3 Å². The second-order valence-corrected chi connectivity index (χ2v) is 3.36. The Bertz CT molecular complexity index is 271. The van der Waals surface area contributed by atoms with E-state index in [4.69, 9.17) is 16.1 Å². The Morgan fingerprint density at radius 2 is 1.94 bits per heavy atom. The topological polar surface area (TPSA) is 163 Å². The van der Waals surface area contributed by atoms with Crippen molar-refractivity contribution < 1.29 is 39.9 Å². The minimum atomic E-state index is -2.72. The summed E-state index contributed by atoms with van der Waals surface area (Å²) in [6.07, 6.45) is -7.04. The Morgan fingerprint density at radius 1 is 1.38 bits per heavy atom. The highest BCUT2D eigenvalue weighted by Crippen LogP contribution is 2.30. The molecule has 0 bridgehead atoms. The zero-order chi connectivity index (χ0) is 12.5. The van der Waals surface area contributed by atoms with E-state index >= 15 is 0 Å². The number of hydrogen-bond acceptors (Lipinski definition) is 8. The highest BCUT2D eigenvalue weighted by Gasteiger charge is 2.59. The van der Waals surface area contributed by atoms with Crippen LogP contribution in [0.1, 0.15) is 0 Å². The second kappa shape index (κ2) is 4.59. The molecule has 16 heavy (non-hydrogen) atoms. The third kappa shape index (κ3) is 1.78. The highest BCUT2D eigenvalue weighted by molar-refractivity contribution is 5.77. The zero-order valence-electron chi connectivity index (χ0n) is 8.05. The SMILES string of the molecule is NOC1(C(=O)O)O[C@H](CO)[C@@H](O)[C@H](O)[C@H]1O. The van der Waals surface area contributed by atoms with Crippen molar-refractivity contribution in [1.29, 1.82) is 0 Å². The van der Waals surface area contributed by atoms with E-state index < -0.39 is 42.8 Å². The van der Waals surface area contributed by atoms with E-state index in [0.29, 0.717) is 0 Å². The van der Waals surface area contributed by atoms with Gasteiger partial charge in [0.15, 0.2) is 0 Å². The van der Waals surface area contributed by atoms with Crippen molar-refractivity contribution in [2.45, 2.75) is 30.2 Å². The smallest absolute Gasteiger partial charge is 0.369 e. The molecule has 9 nitrogen and oxygen atoms in total. The Morgan fingerprint density at radius 3 is 2.31 bits per heavy atom. The molecule has 0 amide bonds. The molecule has 7 N–H and O–H groups in total. The molecule has 94 valence electrons. The van der Waals surface area contributed by atoms with Crippen LogP contribution in [-0.4, -0.2) is 68.3 Å². The van der Waals surface area contributed by atoms with Crippen molar-refractivity contribution in [3.8, 4) is 0 Å². The number of hydrogen-bond donors (Lipinski definition) is 6. The molecule has 1 aliphatic heterocycles. The van der Waals surface area contributed by atoms with Gasteiger partial charge in [0.05, 0.1) is 6.61 Å². The fraction of sp³-hybridized carbons (Fsp3) is 0.857. The lowest BCUT2D eigenvalue weighted by atomic mass is 9.92. The van der Waals surface area contributed by atoms with E-state index in [1.165, 1.54) is 0 Å². The zero-order valence-corrected chi connectivity index (χ0v) is 8.05. The number of aliphatic carboxylic acids is 1. The van der Waals surface area contributed by atoms with Gasteiger partial charge in [-0.05, 0) is 0 Å². The van der Waals surface area contributed by atoms with Crippen molar-refractivity contribution in [3.05, 3.63) is 0 Å². The summed E-state index contributed by atoms with van der Waals surface area (Å²) in [7, 11) is 0. The first-order chi connectivity index (χ1) is 7.40. The van der Waals surface area contributed by atoms with E-state index in [2.05, 4.69) is 9.57 Å². The van der Waals surface area contributed by atoms with Crippen molar-refractivity contribution in [3.63, 3.8) is 0 Å². The molecule has 1 aliphatic rings. The molecular weight excluding hydrogens is 226 g/mol. The second-order valence-electron chi connectivity index (χ2n) is 3.36. The molecule has 1 rings (SSSR count). The van der Waals surface area contributed by atoms with Crippen LogP contribution in [0.4, 0.5) is 0 Å². The van der Waals surface area contributed by atoms with Crippen LogP contribution in [0.3, 0.4) is 0 Å². The highest BCUT2D eigenvalue weighted by atomic mass is 16.8. The van der Waals surface area contributed by atoms with Crippen molar-refractivity contribution in [2.75, 3.05) is 6.61 Å². The summed E-state index contributed by atoms with van der Waals surface area (Å²) in [5, 5.41) is 45.8. The molecule has 1 heterocycles. The number of carbonyl (C=O) groups is 1. The lowest BCUT2D eigenvalue weighted by Crippen LogP contribution is -2.69. The van der Waals surface area contributed by atoms with Gasteiger partial charge in [-0.1, -0.05) is 0 Å². The normalized spacial score (nSPS) is 44.3. The van der Waals surface area contributed by atoms with Crippen LogP contribution in [0.5, 0.6) is 0 Å². The first-order valence-corrected chi connectivity index (χ1v) is 4.35. The maximum absolute atomic E-state index is 10.9. The number of carboxylic acid groups (broad SMARTS) is 1. The predicted octanol–water partition coefficient (Wildman–Crippen LogP) is -3.87. The van der Waals surface area contributed by atoms with E-state index in [9.17, 15) is 20.1 Å². The first kappa shape index (κ1) is 13.3. The van der Waals surface area contributed by atoms with Crippen LogP contribution in [0.25, 0.3) is 0 Å². The van der Waals surface area contributed by atoms with Gasteiger partial charge in [0.2, 0.25) is 0 Å². The van der Waals surface area contributed by atoms with Gasteiger partial charge in [-0.25, -0.2) is 10.7 Å². The fourth-order valence-corrected chi connectivity index (χ4v) is 1.47. The van der Waals surface area contributed by atoms with Crippen LogP contribution in [0.15, 0.2) is 0 Å². The molecule has 0 aromatic carbocycles. The summed E-state index contributed by atoms with van der Waals surface area (Å²) in [6.45, 7) is -0.774.